The largest absolute Gasteiger partial charge is 0.320 e. The summed E-state index contributed by atoms with van der Waals surface area (Å²) in [7, 11) is 1.21. The number of aromatic nitrogens is 1. The number of hydrogen-bond donors (Lipinski definition) is 0. The first-order valence-electron chi connectivity index (χ1n) is 8.29. The smallest absolute Gasteiger partial charge is 0.244 e. The Morgan fingerprint density at radius 3 is 2.34 bits per heavy atom. The van der Waals surface area contributed by atoms with Crippen LogP contribution in [0, 0.1) is 6.92 Å². The van der Waals surface area contributed by atoms with Crippen LogP contribution in [0.4, 0.5) is 5.69 Å². The molecule has 0 saturated heterocycles. The maximum Gasteiger partial charge on any atom is 0.244 e. The number of halogens is 3. The average molecular weight is 537 g/mol. The van der Waals surface area contributed by atoms with Gasteiger partial charge < -0.3 is 4.57 Å². The van der Waals surface area contributed by atoms with Gasteiger partial charge in [0.2, 0.25) is 10.0 Å². The molecule has 0 fully saturated rings. The van der Waals surface area contributed by atoms with Crippen LogP contribution in [-0.2, 0) is 17.1 Å². The SMILES string of the molecule is Br.Cc1cc(/N=c2/scc(-c3ccc(Cl)c(S(=O)(=O)N(C)C)c3)n2C)ccc1Cl. The third kappa shape index (κ3) is 4.95. The van der Waals surface area contributed by atoms with Crippen molar-refractivity contribution in [1.82, 2.24) is 8.87 Å². The minimum Gasteiger partial charge on any atom is -0.320 e. The number of thiazole rings is 1. The van der Waals surface area contributed by atoms with Gasteiger partial charge in [0.15, 0.2) is 4.80 Å². The molecule has 3 aromatic rings. The van der Waals surface area contributed by atoms with Crippen molar-refractivity contribution in [3.8, 4) is 11.3 Å². The van der Waals surface area contributed by atoms with Crippen molar-refractivity contribution in [2.24, 2.45) is 12.0 Å². The molecule has 1 aromatic heterocycles. The molecule has 0 unspecified atom stereocenters. The van der Waals surface area contributed by atoms with Crippen molar-refractivity contribution in [2.45, 2.75) is 11.8 Å². The predicted molar refractivity (Wildman–Crippen MR) is 126 cm³/mol. The monoisotopic (exact) mass is 535 g/mol. The van der Waals surface area contributed by atoms with Crippen LogP contribution in [0.5, 0.6) is 0 Å². The number of aryl methyl sites for hydroxylation is 1. The van der Waals surface area contributed by atoms with Gasteiger partial charge in [0.05, 0.1) is 16.4 Å². The van der Waals surface area contributed by atoms with Gasteiger partial charge in [-0.05, 0) is 42.8 Å². The van der Waals surface area contributed by atoms with Gasteiger partial charge >= 0.3 is 0 Å². The van der Waals surface area contributed by atoms with Crippen LogP contribution in [0.2, 0.25) is 10.0 Å². The highest BCUT2D eigenvalue weighted by Gasteiger charge is 2.22. The molecular formula is C19H20BrCl2N3O2S2. The van der Waals surface area contributed by atoms with E-state index in [1.54, 1.807) is 18.2 Å². The fraction of sp³-hybridized carbons (Fsp3) is 0.211. The molecule has 0 aliphatic carbocycles. The Kier molecular flexibility index (Phi) is 7.75. The first-order chi connectivity index (χ1) is 13.1. The fourth-order valence-corrected chi connectivity index (χ4v) is 5.04. The lowest BCUT2D eigenvalue weighted by atomic mass is 10.2. The van der Waals surface area contributed by atoms with Gasteiger partial charge in [-0.3, -0.25) is 0 Å². The molecule has 0 aliphatic rings. The van der Waals surface area contributed by atoms with Crippen molar-refractivity contribution in [2.75, 3.05) is 14.1 Å². The second-order valence-corrected chi connectivity index (χ2v) is 10.2. The van der Waals surface area contributed by atoms with E-state index < -0.39 is 10.0 Å². The standard InChI is InChI=1S/C19H19Cl2N3O2S2.BrH/c1-12-9-14(6-8-15(12)20)22-19-24(4)17(11-27-19)13-5-7-16(21)18(10-13)28(25,26)23(2)3;/h5-11H,1-4H3;1H/b22-19+;. The van der Waals surface area contributed by atoms with Crippen molar-refractivity contribution in [3.63, 3.8) is 0 Å². The third-order valence-electron chi connectivity index (χ3n) is 4.28. The quantitative estimate of drug-likeness (QED) is 0.446. The minimum absolute atomic E-state index is 0. The Bertz CT molecular complexity index is 1220. The fourth-order valence-electron chi connectivity index (χ4n) is 2.60. The summed E-state index contributed by atoms with van der Waals surface area (Å²) in [6, 6.07) is 10.6. The Balaban J connectivity index is 0.00000300. The summed E-state index contributed by atoms with van der Waals surface area (Å²) in [6.07, 6.45) is 0. The summed E-state index contributed by atoms with van der Waals surface area (Å²) in [5.74, 6) is 0. The van der Waals surface area contributed by atoms with Crippen LogP contribution in [0.1, 0.15) is 5.56 Å². The summed E-state index contributed by atoms with van der Waals surface area (Å²) in [4.78, 5) is 5.54. The summed E-state index contributed by atoms with van der Waals surface area (Å²) < 4.78 is 28.1. The highest BCUT2D eigenvalue weighted by molar-refractivity contribution is 8.93. The first-order valence-corrected chi connectivity index (χ1v) is 11.4. The number of sulfonamides is 1. The molecule has 0 bridgehead atoms. The molecule has 10 heteroatoms. The Morgan fingerprint density at radius 2 is 1.72 bits per heavy atom. The Hall–Kier alpha value is -1.16. The van der Waals surface area contributed by atoms with Gasteiger partial charge in [-0.25, -0.2) is 17.7 Å². The molecule has 1 heterocycles. The summed E-state index contributed by atoms with van der Waals surface area (Å²) in [5.41, 5.74) is 3.36. The van der Waals surface area contributed by atoms with Crippen LogP contribution in [0.25, 0.3) is 11.3 Å². The Labute approximate surface area is 195 Å². The predicted octanol–water partition coefficient (Wildman–Crippen LogP) is 5.43. The van der Waals surface area contributed by atoms with E-state index in [1.807, 2.05) is 42.1 Å². The van der Waals surface area contributed by atoms with E-state index >= 15 is 0 Å². The topological polar surface area (TPSA) is 54.7 Å². The van der Waals surface area contributed by atoms with Crippen LogP contribution in [0.15, 0.2) is 51.7 Å². The van der Waals surface area contributed by atoms with E-state index in [4.69, 9.17) is 23.2 Å². The highest BCUT2D eigenvalue weighted by Crippen LogP contribution is 2.30. The van der Waals surface area contributed by atoms with E-state index in [-0.39, 0.29) is 26.9 Å². The minimum atomic E-state index is -3.64. The number of rotatable bonds is 4. The summed E-state index contributed by atoms with van der Waals surface area (Å²) >= 11 is 13.7. The number of benzene rings is 2. The zero-order valence-corrected chi connectivity index (χ0v) is 21.0. The molecule has 0 amide bonds. The second kappa shape index (κ2) is 9.32. The third-order valence-corrected chi connectivity index (χ3v) is 7.91. The number of nitrogens with zero attached hydrogens (tertiary/aromatic N) is 3. The van der Waals surface area contributed by atoms with Gasteiger partial charge in [-0.15, -0.1) is 28.3 Å². The number of hydrogen-bond acceptors (Lipinski definition) is 4. The van der Waals surface area contributed by atoms with Crippen molar-refractivity contribution in [3.05, 3.63) is 62.2 Å². The van der Waals surface area contributed by atoms with E-state index in [9.17, 15) is 8.42 Å². The van der Waals surface area contributed by atoms with E-state index in [0.717, 1.165) is 31.6 Å². The normalized spacial score (nSPS) is 12.3. The summed E-state index contributed by atoms with van der Waals surface area (Å²) in [6.45, 7) is 1.93. The molecule has 0 spiro atoms. The molecule has 0 radical (unpaired) electrons. The van der Waals surface area contributed by atoms with Crippen molar-refractivity contribution >= 4 is 67.2 Å². The van der Waals surface area contributed by atoms with E-state index in [1.165, 1.54) is 25.4 Å². The zero-order valence-electron chi connectivity index (χ0n) is 16.2. The summed E-state index contributed by atoms with van der Waals surface area (Å²) in [5, 5.41) is 2.83. The molecule has 0 saturated carbocycles. The molecule has 3 rings (SSSR count). The lowest BCUT2D eigenvalue weighted by molar-refractivity contribution is 0.521. The first kappa shape index (κ1) is 24.1. The molecule has 156 valence electrons. The van der Waals surface area contributed by atoms with Gasteiger partial charge in [0.25, 0.3) is 0 Å². The van der Waals surface area contributed by atoms with Crippen LogP contribution in [-0.4, -0.2) is 31.4 Å². The van der Waals surface area contributed by atoms with E-state index in [0.29, 0.717) is 5.02 Å². The lowest BCUT2D eigenvalue weighted by Crippen LogP contribution is -2.22. The van der Waals surface area contributed by atoms with Gasteiger partial charge in [-0.2, -0.15) is 0 Å². The van der Waals surface area contributed by atoms with E-state index in [2.05, 4.69) is 4.99 Å². The Morgan fingerprint density at radius 1 is 1.07 bits per heavy atom. The molecule has 0 atom stereocenters. The van der Waals surface area contributed by atoms with Crippen LogP contribution < -0.4 is 4.80 Å². The van der Waals surface area contributed by atoms with Gasteiger partial charge in [-0.1, -0.05) is 29.3 Å². The van der Waals surface area contributed by atoms with Gasteiger partial charge in [0, 0.05) is 37.1 Å². The van der Waals surface area contributed by atoms with Crippen molar-refractivity contribution in [1.29, 1.82) is 0 Å². The lowest BCUT2D eigenvalue weighted by Gasteiger charge is -2.14. The highest BCUT2D eigenvalue weighted by atomic mass is 79.9. The van der Waals surface area contributed by atoms with Crippen molar-refractivity contribution < 1.29 is 8.42 Å². The molecule has 29 heavy (non-hydrogen) atoms. The zero-order chi connectivity index (χ0) is 20.6. The molecule has 0 N–H and O–H groups in total. The molecule has 5 nitrogen and oxygen atoms in total. The second-order valence-electron chi connectivity index (χ2n) is 6.44. The molecular weight excluding hydrogens is 517 g/mol. The van der Waals surface area contributed by atoms with Crippen LogP contribution >= 0.6 is 51.5 Å². The van der Waals surface area contributed by atoms with Crippen LogP contribution in [0.3, 0.4) is 0 Å². The maximum absolute atomic E-state index is 12.5. The van der Waals surface area contributed by atoms with Gasteiger partial charge in [0.1, 0.15) is 4.90 Å². The average Bonchev–Trinajstić information content (AvgIpc) is 2.99. The molecule has 2 aromatic carbocycles. The molecule has 0 aliphatic heterocycles. The maximum atomic E-state index is 12.5.